The molecule has 0 spiro atoms. The summed E-state index contributed by atoms with van der Waals surface area (Å²) >= 11 is 0. The molecule has 1 heterocycles. The maximum atomic E-state index is 12.1. The molecule has 0 atom stereocenters. The van der Waals surface area contributed by atoms with E-state index in [1.807, 2.05) is 36.4 Å². The van der Waals surface area contributed by atoms with E-state index in [4.69, 9.17) is 9.15 Å². The van der Waals surface area contributed by atoms with Crippen LogP contribution in [0.1, 0.15) is 15.9 Å². The second kappa shape index (κ2) is 4.98. The highest BCUT2D eigenvalue weighted by Gasteiger charge is 2.12. The number of carbonyl (C=O) groups excluding carboxylic acids is 1. The molecule has 2 aromatic carbocycles. The predicted octanol–water partition coefficient (Wildman–Crippen LogP) is 3.79. The van der Waals surface area contributed by atoms with Crippen LogP contribution in [0.15, 0.2) is 65.3 Å². The zero-order valence-electron chi connectivity index (χ0n) is 10.2. The molecule has 3 rings (SSSR count). The summed E-state index contributed by atoms with van der Waals surface area (Å²) in [5.41, 5.74) is 2.19. The van der Waals surface area contributed by atoms with Crippen molar-refractivity contribution in [2.45, 2.75) is 6.61 Å². The monoisotopic (exact) mass is 252 g/mol. The summed E-state index contributed by atoms with van der Waals surface area (Å²) in [6, 6.07) is 16.7. The molecule has 1 aromatic heterocycles. The van der Waals surface area contributed by atoms with Crippen LogP contribution in [-0.4, -0.2) is 5.97 Å². The lowest BCUT2D eigenvalue weighted by atomic mass is 10.1. The van der Waals surface area contributed by atoms with Gasteiger partial charge in [0, 0.05) is 5.39 Å². The van der Waals surface area contributed by atoms with E-state index in [9.17, 15) is 4.79 Å². The summed E-state index contributed by atoms with van der Waals surface area (Å²) in [5.74, 6) is -0.337. The normalized spacial score (nSPS) is 10.5. The molecule has 3 nitrogen and oxygen atoms in total. The Morgan fingerprint density at radius 3 is 2.68 bits per heavy atom. The first-order valence-electron chi connectivity index (χ1n) is 6.02. The van der Waals surface area contributed by atoms with Gasteiger partial charge in [0.2, 0.25) is 0 Å². The van der Waals surface area contributed by atoms with Crippen molar-refractivity contribution in [2.75, 3.05) is 0 Å². The average Bonchev–Trinajstić information content (AvgIpc) is 2.94. The molecule has 0 amide bonds. The lowest BCUT2D eigenvalue weighted by molar-refractivity contribution is 0.0475. The van der Waals surface area contributed by atoms with E-state index in [2.05, 4.69) is 0 Å². The highest BCUT2D eigenvalue weighted by molar-refractivity contribution is 6.03. The molecule has 0 aliphatic rings. The summed E-state index contributed by atoms with van der Waals surface area (Å²) in [5, 5.41) is 0.778. The first-order chi connectivity index (χ1) is 9.34. The number of esters is 1. The van der Waals surface area contributed by atoms with Gasteiger partial charge in [-0.2, -0.15) is 0 Å². The third-order valence-corrected chi connectivity index (χ3v) is 2.93. The summed E-state index contributed by atoms with van der Waals surface area (Å²) in [7, 11) is 0. The van der Waals surface area contributed by atoms with Crippen molar-refractivity contribution < 1.29 is 13.9 Å². The van der Waals surface area contributed by atoms with Gasteiger partial charge in [-0.05, 0) is 23.8 Å². The fraction of sp³-hybridized carbons (Fsp3) is 0.0625. The molecule has 0 bridgehead atoms. The fourth-order valence-electron chi connectivity index (χ4n) is 1.97. The Hall–Kier alpha value is -2.55. The predicted molar refractivity (Wildman–Crippen MR) is 71.8 cm³/mol. The molecule has 19 heavy (non-hydrogen) atoms. The van der Waals surface area contributed by atoms with Gasteiger partial charge in [0.15, 0.2) is 0 Å². The van der Waals surface area contributed by atoms with Gasteiger partial charge in [0.05, 0.1) is 11.8 Å². The summed E-state index contributed by atoms with van der Waals surface area (Å²) < 4.78 is 10.6. The standard InChI is InChI=1S/C16H12O3/c17-16(19-11-12-5-2-1-3-6-12)14-7-4-8-15-13(14)9-10-18-15/h1-10H,11H2. The molecule has 0 fully saturated rings. The van der Waals surface area contributed by atoms with Crippen molar-refractivity contribution in [1.82, 2.24) is 0 Å². The van der Waals surface area contributed by atoms with Crippen molar-refractivity contribution in [2.24, 2.45) is 0 Å². The van der Waals surface area contributed by atoms with Crippen LogP contribution >= 0.6 is 0 Å². The van der Waals surface area contributed by atoms with E-state index in [0.717, 1.165) is 10.9 Å². The maximum absolute atomic E-state index is 12.1. The Labute approximate surface area is 110 Å². The largest absolute Gasteiger partial charge is 0.464 e. The highest BCUT2D eigenvalue weighted by Crippen LogP contribution is 2.20. The van der Waals surface area contributed by atoms with Crippen molar-refractivity contribution >= 4 is 16.9 Å². The van der Waals surface area contributed by atoms with Crippen LogP contribution in [0.25, 0.3) is 11.0 Å². The summed E-state index contributed by atoms with van der Waals surface area (Å²) in [6.45, 7) is 0.272. The maximum Gasteiger partial charge on any atom is 0.339 e. The van der Waals surface area contributed by atoms with Crippen LogP contribution in [0.2, 0.25) is 0 Å². The lowest BCUT2D eigenvalue weighted by Crippen LogP contribution is -2.05. The van der Waals surface area contributed by atoms with E-state index in [1.54, 1.807) is 24.5 Å². The number of carbonyl (C=O) groups is 1. The van der Waals surface area contributed by atoms with Gasteiger partial charge >= 0.3 is 5.97 Å². The second-order valence-corrected chi connectivity index (χ2v) is 4.20. The SMILES string of the molecule is O=C(OCc1ccccc1)c1cccc2occc12. The Morgan fingerprint density at radius 2 is 1.84 bits per heavy atom. The van der Waals surface area contributed by atoms with Crippen LogP contribution in [0.5, 0.6) is 0 Å². The first kappa shape index (κ1) is 11.5. The van der Waals surface area contributed by atoms with Crippen LogP contribution in [-0.2, 0) is 11.3 Å². The van der Waals surface area contributed by atoms with Gasteiger partial charge < -0.3 is 9.15 Å². The van der Waals surface area contributed by atoms with Gasteiger partial charge in [-0.3, -0.25) is 0 Å². The van der Waals surface area contributed by atoms with E-state index in [-0.39, 0.29) is 12.6 Å². The minimum absolute atomic E-state index is 0.272. The van der Waals surface area contributed by atoms with Gasteiger partial charge in [-0.1, -0.05) is 36.4 Å². The minimum atomic E-state index is -0.337. The number of fused-ring (bicyclic) bond motifs is 1. The van der Waals surface area contributed by atoms with Crippen LogP contribution in [0.3, 0.4) is 0 Å². The fourth-order valence-corrected chi connectivity index (χ4v) is 1.97. The molecule has 0 aliphatic carbocycles. The van der Waals surface area contributed by atoms with E-state index in [1.165, 1.54) is 0 Å². The minimum Gasteiger partial charge on any atom is -0.464 e. The Balaban J connectivity index is 1.79. The molecule has 3 aromatic rings. The van der Waals surface area contributed by atoms with Gasteiger partial charge in [-0.25, -0.2) is 4.79 Å². The van der Waals surface area contributed by atoms with Crippen LogP contribution < -0.4 is 0 Å². The number of furan rings is 1. The summed E-state index contributed by atoms with van der Waals surface area (Å²) in [4.78, 5) is 12.1. The molecular formula is C16H12O3. The molecule has 0 unspecified atom stereocenters. The highest BCUT2D eigenvalue weighted by atomic mass is 16.5. The number of ether oxygens (including phenoxy) is 1. The zero-order valence-corrected chi connectivity index (χ0v) is 10.2. The third-order valence-electron chi connectivity index (χ3n) is 2.93. The Morgan fingerprint density at radius 1 is 1.00 bits per heavy atom. The average molecular weight is 252 g/mol. The first-order valence-corrected chi connectivity index (χ1v) is 6.02. The Bertz CT molecular complexity index is 698. The van der Waals surface area contributed by atoms with Crippen molar-refractivity contribution in [3.05, 3.63) is 72.0 Å². The van der Waals surface area contributed by atoms with Crippen molar-refractivity contribution in [1.29, 1.82) is 0 Å². The molecule has 0 radical (unpaired) electrons. The number of hydrogen-bond donors (Lipinski definition) is 0. The molecule has 3 heteroatoms. The van der Waals surface area contributed by atoms with Gasteiger partial charge in [0.1, 0.15) is 12.2 Å². The number of hydrogen-bond acceptors (Lipinski definition) is 3. The van der Waals surface area contributed by atoms with Gasteiger partial charge in [0.25, 0.3) is 0 Å². The van der Waals surface area contributed by atoms with Crippen LogP contribution in [0, 0.1) is 0 Å². The van der Waals surface area contributed by atoms with E-state index < -0.39 is 0 Å². The number of benzene rings is 2. The molecule has 0 saturated heterocycles. The van der Waals surface area contributed by atoms with E-state index in [0.29, 0.717) is 11.1 Å². The van der Waals surface area contributed by atoms with Crippen LogP contribution in [0.4, 0.5) is 0 Å². The molecule has 94 valence electrons. The third kappa shape index (κ3) is 2.36. The van der Waals surface area contributed by atoms with Crippen molar-refractivity contribution in [3.63, 3.8) is 0 Å². The Kier molecular flexibility index (Phi) is 3.02. The quantitative estimate of drug-likeness (QED) is 0.666. The zero-order chi connectivity index (χ0) is 13.1. The molecular weight excluding hydrogens is 240 g/mol. The lowest BCUT2D eigenvalue weighted by Gasteiger charge is -2.05. The molecule has 0 aliphatic heterocycles. The molecule has 0 N–H and O–H groups in total. The van der Waals surface area contributed by atoms with E-state index >= 15 is 0 Å². The summed E-state index contributed by atoms with van der Waals surface area (Å²) in [6.07, 6.45) is 1.57. The second-order valence-electron chi connectivity index (χ2n) is 4.20. The smallest absolute Gasteiger partial charge is 0.339 e. The van der Waals surface area contributed by atoms with Gasteiger partial charge in [-0.15, -0.1) is 0 Å². The number of rotatable bonds is 3. The molecule has 0 saturated carbocycles. The van der Waals surface area contributed by atoms with Crippen molar-refractivity contribution in [3.8, 4) is 0 Å². The topological polar surface area (TPSA) is 39.4 Å².